The van der Waals surface area contributed by atoms with Gasteiger partial charge in [0.15, 0.2) is 5.96 Å². The number of benzene rings is 2. The van der Waals surface area contributed by atoms with Crippen molar-refractivity contribution < 1.29 is 4.79 Å². The standard InChI is InChI=1S/C23H26N6O/c1-13-10-16-14(2)12-22(3,4)29-18(16)17(11-13)23(19(29)30)27-20(24)26-21(28-23)25-15-8-6-5-7-9-15/h5-11,14H,12H2,1-4H3,(H4,24,25,26,27,28). The van der Waals surface area contributed by atoms with E-state index in [1.165, 1.54) is 5.56 Å². The lowest BCUT2D eigenvalue weighted by Crippen LogP contribution is -2.55. The molecule has 0 fully saturated rings. The van der Waals surface area contributed by atoms with Gasteiger partial charge < -0.3 is 16.0 Å². The molecular weight excluding hydrogens is 376 g/mol. The van der Waals surface area contributed by atoms with Gasteiger partial charge in [-0.25, -0.2) is 9.98 Å². The summed E-state index contributed by atoms with van der Waals surface area (Å²) in [5.74, 6) is 0.751. The molecule has 0 bridgehead atoms. The fourth-order valence-corrected chi connectivity index (χ4v) is 5.07. The molecule has 2 aromatic rings. The number of anilines is 2. The molecular formula is C23H26N6O. The quantitative estimate of drug-likeness (QED) is 0.683. The second-order valence-electron chi connectivity index (χ2n) is 9.05. The normalized spacial score (nSPS) is 26.1. The number of rotatable bonds is 1. The third-order valence-corrected chi connectivity index (χ3v) is 6.17. The number of nitrogens with zero attached hydrogens (tertiary/aromatic N) is 3. The van der Waals surface area contributed by atoms with Crippen molar-refractivity contribution in [3.8, 4) is 0 Å². The first kappa shape index (κ1) is 18.7. The topological polar surface area (TPSA) is 95.1 Å². The number of carbonyl (C=O) groups is 1. The van der Waals surface area contributed by atoms with Gasteiger partial charge in [-0.15, -0.1) is 0 Å². The van der Waals surface area contributed by atoms with E-state index in [4.69, 9.17) is 10.7 Å². The van der Waals surface area contributed by atoms with Crippen molar-refractivity contribution >= 4 is 29.2 Å². The summed E-state index contributed by atoms with van der Waals surface area (Å²) in [4.78, 5) is 25.2. The zero-order valence-corrected chi connectivity index (χ0v) is 17.7. The molecule has 0 radical (unpaired) electrons. The number of para-hydroxylation sites is 1. The molecule has 5 rings (SSSR count). The molecule has 0 aromatic heterocycles. The van der Waals surface area contributed by atoms with Crippen LogP contribution in [0.5, 0.6) is 0 Å². The van der Waals surface area contributed by atoms with E-state index < -0.39 is 5.66 Å². The van der Waals surface area contributed by atoms with Crippen molar-refractivity contribution in [3.63, 3.8) is 0 Å². The highest BCUT2D eigenvalue weighted by atomic mass is 16.2. The van der Waals surface area contributed by atoms with Crippen LogP contribution in [-0.2, 0) is 10.5 Å². The average molecular weight is 403 g/mol. The maximum atomic E-state index is 13.9. The van der Waals surface area contributed by atoms with Crippen LogP contribution in [0.4, 0.5) is 11.4 Å². The van der Waals surface area contributed by atoms with Gasteiger partial charge in [0.1, 0.15) is 0 Å². The molecule has 1 amide bonds. The molecule has 3 aliphatic heterocycles. The van der Waals surface area contributed by atoms with Crippen LogP contribution in [0, 0.1) is 6.92 Å². The van der Waals surface area contributed by atoms with Gasteiger partial charge in [0.05, 0.1) is 5.69 Å². The zero-order chi connectivity index (χ0) is 21.3. The van der Waals surface area contributed by atoms with E-state index in [9.17, 15) is 4.79 Å². The maximum Gasteiger partial charge on any atom is 0.283 e. The number of nitrogens with one attached hydrogen (secondary N) is 2. The van der Waals surface area contributed by atoms with Crippen LogP contribution in [-0.4, -0.2) is 23.4 Å². The summed E-state index contributed by atoms with van der Waals surface area (Å²) >= 11 is 0. The fourth-order valence-electron chi connectivity index (χ4n) is 5.07. The van der Waals surface area contributed by atoms with Crippen LogP contribution >= 0.6 is 0 Å². The predicted molar refractivity (Wildman–Crippen MR) is 120 cm³/mol. The largest absolute Gasteiger partial charge is 0.370 e. The Labute approximate surface area is 176 Å². The molecule has 3 heterocycles. The number of aryl methyl sites for hydroxylation is 1. The maximum absolute atomic E-state index is 13.9. The zero-order valence-electron chi connectivity index (χ0n) is 17.7. The first-order valence-corrected chi connectivity index (χ1v) is 10.3. The van der Waals surface area contributed by atoms with Gasteiger partial charge in [-0.1, -0.05) is 36.8 Å². The van der Waals surface area contributed by atoms with Crippen LogP contribution in [0.25, 0.3) is 0 Å². The number of nitrogens with two attached hydrogens (primary N) is 1. The van der Waals surface area contributed by atoms with Crippen molar-refractivity contribution in [3.05, 3.63) is 59.2 Å². The Morgan fingerprint density at radius 3 is 2.67 bits per heavy atom. The lowest BCUT2D eigenvalue weighted by Gasteiger charge is -2.43. The fraction of sp³-hybridized carbons (Fsp3) is 0.348. The number of aliphatic imine (C=N–C) groups is 2. The van der Waals surface area contributed by atoms with E-state index in [1.54, 1.807) is 0 Å². The number of carbonyl (C=O) groups excluding carboxylic acids is 1. The Morgan fingerprint density at radius 1 is 1.20 bits per heavy atom. The number of guanidine groups is 2. The second-order valence-corrected chi connectivity index (χ2v) is 9.05. The molecule has 2 atom stereocenters. The monoisotopic (exact) mass is 402 g/mol. The van der Waals surface area contributed by atoms with Gasteiger partial charge in [-0.2, -0.15) is 0 Å². The lowest BCUT2D eigenvalue weighted by molar-refractivity contribution is -0.123. The van der Waals surface area contributed by atoms with E-state index in [-0.39, 0.29) is 17.4 Å². The molecule has 1 spiro atoms. The summed E-state index contributed by atoms with van der Waals surface area (Å²) in [6.45, 7) is 8.47. The van der Waals surface area contributed by atoms with Gasteiger partial charge in [0, 0.05) is 16.8 Å². The number of hydrogen-bond acceptors (Lipinski definition) is 6. The van der Waals surface area contributed by atoms with Gasteiger partial charge in [-0.3, -0.25) is 10.1 Å². The van der Waals surface area contributed by atoms with Crippen molar-refractivity contribution in [2.45, 2.75) is 51.2 Å². The average Bonchev–Trinajstić information content (AvgIpc) is 2.89. The van der Waals surface area contributed by atoms with E-state index in [0.29, 0.717) is 11.9 Å². The van der Waals surface area contributed by atoms with Gasteiger partial charge in [-0.05, 0) is 56.9 Å². The molecule has 30 heavy (non-hydrogen) atoms. The van der Waals surface area contributed by atoms with Crippen molar-refractivity contribution in [1.29, 1.82) is 0 Å². The SMILES string of the molecule is Cc1cc2c3c(c1)C1(N=C(N)NC(Nc4ccccc4)=N1)C(=O)N3C(C)(C)CC2C. The Kier molecular flexibility index (Phi) is 3.78. The Morgan fingerprint density at radius 2 is 1.93 bits per heavy atom. The molecule has 7 nitrogen and oxygen atoms in total. The minimum atomic E-state index is -1.41. The van der Waals surface area contributed by atoms with Gasteiger partial charge >= 0.3 is 0 Å². The van der Waals surface area contributed by atoms with E-state index in [1.807, 2.05) is 48.2 Å². The highest BCUT2D eigenvalue weighted by molar-refractivity contribution is 6.15. The van der Waals surface area contributed by atoms with Crippen molar-refractivity contribution in [2.75, 3.05) is 10.2 Å². The highest BCUT2D eigenvalue weighted by Gasteiger charge is 2.59. The van der Waals surface area contributed by atoms with Crippen LogP contribution in [0.2, 0.25) is 0 Å². The molecule has 0 saturated carbocycles. The number of amides is 1. The molecule has 2 unspecified atom stereocenters. The third-order valence-electron chi connectivity index (χ3n) is 6.17. The first-order valence-electron chi connectivity index (χ1n) is 10.3. The van der Waals surface area contributed by atoms with E-state index in [0.717, 1.165) is 28.9 Å². The van der Waals surface area contributed by atoms with Crippen molar-refractivity contribution in [1.82, 2.24) is 5.32 Å². The Balaban J connectivity index is 1.72. The molecule has 2 aromatic carbocycles. The van der Waals surface area contributed by atoms with Gasteiger partial charge in [0.2, 0.25) is 5.96 Å². The molecule has 154 valence electrons. The second kappa shape index (κ2) is 6.08. The smallest absolute Gasteiger partial charge is 0.283 e. The minimum Gasteiger partial charge on any atom is -0.370 e. The molecule has 3 aliphatic rings. The lowest BCUT2D eigenvalue weighted by atomic mass is 9.79. The molecule has 0 saturated heterocycles. The molecule has 7 heteroatoms. The Bertz CT molecular complexity index is 1120. The summed E-state index contributed by atoms with van der Waals surface area (Å²) in [6, 6.07) is 13.9. The summed E-state index contributed by atoms with van der Waals surface area (Å²) < 4.78 is 0. The van der Waals surface area contributed by atoms with E-state index >= 15 is 0 Å². The number of hydrogen-bond donors (Lipinski definition) is 3. The van der Waals surface area contributed by atoms with Gasteiger partial charge in [0.25, 0.3) is 11.6 Å². The van der Waals surface area contributed by atoms with Crippen molar-refractivity contribution in [2.24, 2.45) is 15.7 Å². The summed E-state index contributed by atoms with van der Waals surface area (Å²) in [6.07, 6.45) is 0.876. The summed E-state index contributed by atoms with van der Waals surface area (Å²) in [5, 5.41) is 6.20. The first-order chi connectivity index (χ1) is 14.2. The third kappa shape index (κ3) is 2.54. The van der Waals surface area contributed by atoms with Crippen LogP contribution < -0.4 is 21.3 Å². The molecule has 4 N–H and O–H groups in total. The predicted octanol–water partition coefficient (Wildman–Crippen LogP) is 3.17. The highest BCUT2D eigenvalue weighted by Crippen LogP contribution is 2.55. The summed E-state index contributed by atoms with van der Waals surface area (Å²) in [7, 11) is 0. The van der Waals surface area contributed by atoms with Crippen LogP contribution in [0.15, 0.2) is 52.4 Å². The molecule has 0 aliphatic carbocycles. The van der Waals surface area contributed by atoms with Crippen LogP contribution in [0.1, 0.15) is 49.8 Å². The number of fused-ring (bicyclic) bond motifs is 1. The van der Waals surface area contributed by atoms with E-state index in [2.05, 4.69) is 42.5 Å². The summed E-state index contributed by atoms with van der Waals surface area (Å²) in [5.41, 5.74) is 9.28. The minimum absolute atomic E-state index is 0.155. The Hall–Kier alpha value is -3.35. The van der Waals surface area contributed by atoms with Crippen LogP contribution in [0.3, 0.4) is 0 Å².